The van der Waals surface area contributed by atoms with Crippen LogP contribution in [-0.4, -0.2) is 49.1 Å². The highest BCUT2D eigenvalue weighted by molar-refractivity contribution is 5.79. The van der Waals surface area contributed by atoms with Crippen LogP contribution in [0.1, 0.15) is 25.3 Å². The first-order chi connectivity index (χ1) is 11.2. The molecule has 0 spiro atoms. The van der Waals surface area contributed by atoms with Gasteiger partial charge in [0.05, 0.1) is 13.2 Å². The molecule has 0 amide bonds. The average Bonchev–Trinajstić information content (AvgIpc) is 2.99. The summed E-state index contributed by atoms with van der Waals surface area (Å²) in [5.74, 6) is 0.987. The van der Waals surface area contributed by atoms with Crippen molar-refractivity contribution in [2.75, 3.05) is 32.9 Å². The number of hydrogen-bond donors (Lipinski definition) is 4. The summed E-state index contributed by atoms with van der Waals surface area (Å²) in [6, 6.07) is 7.11. The average molecular weight is 321 g/mol. The third-order valence-corrected chi connectivity index (χ3v) is 4.13. The van der Waals surface area contributed by atoms with E-state index in [1.165, 1.54) is 0 Å². The normalized spacial score (nSPS) is 21.4. The fourth-order valence-electron chi connectivity index (χ4n) is 2.75. The molecule has 4 N–H and O–H groups in total. The summed E-state index contributed by atoms with van der Waals surface area (Å²) in [5.41, 5.74) is 0.937. The lowest BCUT2D eigenvalue weighted by Gasteiger charge is -2.27. The molecule has 6 nitrogen and oxygen atoms in total. The monoisotopic (exact) mass is 321 g/mol. The third-order valence-electron chi connectivity index (χ3n) is 4.13. The summed E-state index contributed by atoms with van der Waals surface area (Å²) < 4.78 is 5.51. The molecule has 1 fully saturated rings. The molecule has 1 unspecified atom stereocenters. The molecule has 0 bridgehead atoms. The lowest BCUT2D eigenvalue weighted by Crippen LogP contribution is -2.44. The standard InChI is InChI=1S/C17H27N3O3/c1-2-18-16(19-11-14-4-3-5-15(22)10-14)20-12-17(6-8-21)7-9-23-13-17/h3-5,10,21-22H,2,6-9,11-13H2,1H3,(H2,18,19,20). The Balaban J connectivity index is 1.96. The van der Waals surface area contributed by atoms with Crippen molar-refractivity contribution in [3.63, 3.8) is 0 Å². The number of aliphatic hydroxyl groups is 1. The minimum atomic E-state index is -0.0179. The predicted octanol–water partition coefficient (Wildman–Crippen LogP) is 1.24. The van der Waals surface area contributed by atoms with E-state index in [0.717, 1.165) is 44.1 Å². The van der Waals surface area contributed by atoms with Crippen LogP contribution in [0.25, 0.3) is 0 Å². The molecule has 2 rings (SSSR count). The van der Waals surface area contributed by atoms with Gasteiger partial charge in [-0.2, -0.15) is 0 Å². The van der Waals surface area contributed by atoms with Gasteiger partial charge in [-0.3, -0.25) is 0 Å². The van der Waals surface area contributed by atoms with Gasteiger partial charge in [0.2, 0.25) is 0 Å². The Hall–Kier alpha value is -1.79. The van der Waals surface area contributed by atoms with Crippen LogP contribution < -0.4 is 10.6 Å². The van der Waals surface area contributed by atoms with Crippen LogP contribution in [0.3, 0.4) is 0 Å². The zero-order valence-corrected chi connectivity index (χ0v) is 13.7. The van der Waals surface area contributed by atoms with Crippen molar-refractivity contribution in [1.82, 2.24) is 10.6 Å². The molecular formula is C17H27N3O3. The number of aromatic hydroxyl groups is 1. The van der Waals surface area contributed by atoms with Crippen molar-refractivity contribution in [1.29, 1.82) is 0 Å². The summed E-state index contributed by atoms with van der Waals surface area (Å²) in [6.45, 7) is 5.60. The molecular weight excluding hydrogens is 294 g/mol. The molecule has 0 saturated carbocycles. The van der Waals surface area contributed by atoms with Crippen LogP contribution in [0.4, 0.5) is 0 Å². The van der Waals surface area contributed by atoms with Gasteiger partial charge in [-0.15, -0.1) is 0 Å². The van der Waals surface area contributed by atoms with E-state index in [0.29, 0.717) is 13.2 Å². The Labute approximate surface area is 137 Å². The lowest BCUT2D eigenvalue weighted by atomic mass is 9.84. The molecule has 1 aliphatic heterocycles. The molecule has 0 aliphatic carbocycles. The number of guanidine groups is 1. The Kier molecular flexibility index (Phi) is 6.67. The van der Waals surface area contributed by atoms with E-state index in [2.05, 4.69) is 15.6 Å². The molecule has 1 aliphatic rings. The van der Waals surface area contributed by atoms with Crippen molar-refractivity contribution < 1.29 is 14.9 Å². The molecule has 1 saturated heterocycles. The fraction of sp³-hybridized carbons (Fsp3) is 0.588. The van der Waals surface area contributed by atoms with Gasteiger partial charge in [0, 0.05) is 31.7 Å². The second kappa shape index (κ2) is 8.74. The maximum Gasteiger partial charge on any atom is 0.191 e. The molecule has 1 atom stereocenters. The summed E-state index contributed by atoms with van der Waals surface area (Å²) >= 11 is 0. The van der Waals surface area contributed by atoms with Gasteiger partial charge in [-0.1, -0.05) is 12.1 Å². The van der Waals surface area contributed by atoms with Crippen LogP contribution >= 0.6 is 0 Å². The fourth-order valence-corrected chi connectivity index (χ4v) is 2.75. The summed E-state index contributed by atoms with van der Waals surface area (Å²) in [7, 11) is 0. The first kappa shape index (κ1) is 17.6. The maximum absolute atomic E-state index is 9.50. The number of rotatable bonds is 7. The van der Waals surface area contributed by atoms with Gasteiger partial charge >= 0.3 is 0 Å². The van der Waals surface area contributed by atoms with Gasteiger partial charge in [0.15, 0.2) is 5.96 Å². The van der Waals surface area contributed by atoms with Crippen molar-refractivity contribution in [3.05, 3.63) is 29.8 Å². The Morgan fingerprint density at radius 3 is 2.91 bits per heavy atom. The zero-order valence-electron chi connectivity index (χ0n) is 13.7. The molecule has 1 heterocycles. The molecule has 128 valence electrons. The van der Waals surface area contributed by atoms with E-state index >= 15 is 0 Å². The zero-order chi connectivity index (χ0) is 16.5. The molecule has 0 radical (unpaired) electrons. The predicted molar refractivity (Wildman–Crippen MR) is 90.5 cm³/mol. The summed E-state index contributed by atoms with van der Waals surface area (Å²) in [5, 5.41) is 25.4. The lowest BCUT2D eigenvalue weighted by molar-refractivity contribution is 0.127. The molecule has 1 aromatic carbocycles. The van der Waals surface area contributed by atoms with Crippen molar-refractivity contribution >= 4 is 5.96 Å². The number of benzene rings is 1. The molecule has 23 heavy (non-hydrogen) atoms. The minimum Gasteiger partial charge on any atom is -0.508 e. The highest BCUT2D eigenvalue weighted by atomic mass is 16.5. The van der Waals surface area contributed by atoms with Gasteiger partial charge in [0.1, 0.15) is 5.75 Å². The van der Waals surface area contributed by atoms with Crippen LogP contribution in [-0.2, 0) is 11.3 Å². The first-order valence-corrected chi connectivity index (χ1v) is 8.16. The second-order valence-electron chi connectivity index (χ2n) is 5.99. The van der Waals surface area contributed by atoms with Crippen LogP contribution in [0, 0.1) is 5.41 Å². The number of hydrogen-bond acceptors (Lipinski definition) is 4. The van der Waals surface area contributed by atoms with Crippen molar-refractivity contribution in [2.45, 2.75) is 26.3 Å². The first-order valence-electron chi connectivity index (χ1n) is 8.16. The van der Waals surface area contributed by atoms with Crippen molar-refractivity contribution in [2.24, 2.45) is 10.4 Å². The topological polar surface area (TPSA) is 86.1 Å². The van der Waals surface area contributed by atoms with Gasteiger partial charge in [-0.05, 0) is 37.5 Å². The van der Waals surface area contributed by atoms with E-state index in [1.54, 1.807) is 12.1 Å². The van der Waals surface area contributed by atoms with E-state index in [1.807, 2.05) is 19.1 Å². The van der Waals surface area contributed by atoms with Crippen LogP contribution in [0.15, 0.2) is 29.3 Å². The smallest absolute Gasteiger partial charge is 0.191 e. The number of phenolic OH excluding ortho intramolecular Hbond substituents is 1. The summed E-state index contributed by atoms with van der Waals surface area (Å²) in [6.07, 6.45) is 1.68. The SMILES string of the molecule is CCNC(=NCc1cccc(O)c1)NCC1(CCO)CCOC1. The van der Waals surface area contributed by atoms with Gasteiger partial charge in [-0.25, -0.2) is 4.99 Å². The number of nitrogens with one attached hydrogen (secondary N) is 2. The Morgan fingerprint density at radius 2 is 2.26 bits per heavy atom. The van der Waals surface area contributed by atoms with E-state index in [4.69, 9.17) is 4.74 Å². The van der Waals surface area contributed by atoms with Crippen LogP contribution in [0.5, 0.6) is 5.75 Å². The highest BCUT2D eigenvalue weighted by Crippen LogP contribution is 2.31. The Bertz CT molecular complexity index is 514. The van der Waals surface area contributed by atoms with E-state index in [9.17, 15) is 10.2 Å². The Morgan fingerprint density at radius 1 is 1.39 bits per heavy atom. The third kappa shape index (κ3) is 5.41. The summed E-state index contributed by atoms with van der Waals surface area (Å²) in [4.78, 5) is 4.56. The quantitative estimate of drug-likeness (QED) is 0.448. The number of phenols is 1. The van der Waals surface area contributed by atoms with Gasteiger partial charge < -0.3 is 25.6 Å². The highest BCUT2D eigenvalue weighted by Gasteiger charge is 2.34. The molecule has 6 heteroatoms. The van der Waals surface area contributed by atoms with E-state index in [-0.39, 0.29) is 17.8 Å². The largest absolute Gasteiger partial charge is 0.508 e. The number of nitrogens with zero attached hydrogens (tertiary/aromatic N) is 1. The maximum atomic E-state index is 9.50. The van der Waals surface area contributed by atoms with E-state index < -0.39 is 0 Å². The van der Waals surface area contributed by atoms with Crippen molar-refractivity contribution in [3.8, 4) is 5.75 Å². The number of ether oxygens (including phenoxy) is 1. The van der Waals surface area contributed by atoms with Crippen LogP contribution in [0.2, 0.25) is 0 Å². The second-order valence-corrected chi connectivity index (χ2v) is 5.99. The number of aliphatic hydroxyl groups excluding tert-OH is 1. The van der Waals surface area contributed by atoms with Gasteiger partial charge in [0.25, 0.3) is 0 Å². The molecule has 1 aromatic rings. The number of aliphatic imine (C=N–C) groups is 1. The minimum absolute atomic E-state index is 0.0179. The molecule has 0 aromatic heterocycles.